The first kappa shape index (κ1) is 14.2. The second-order valence-corrected chi connectivity index (χ2v) is 4.50. The minimum absolute atomic E-state index is 0.543. The molecule has 2 rings (SSSR count). The molecule has 0 spiro atoms. The molecule has 0 atom stereocenters. The van der Waals surface area contributed by atoms with Crippen LogP contribution in [0, 0.1) is 0 Å². The first-order valence-electron chi connectivity index (χ1n) is 6.84. The van der Waals surface area contributed by atoms with Crippen molar-refractivity contribution in [3.8, 4) is 11.5 Å². The fourth-order valence-corrected chi connectivity index (χ4v) is 1.90. The van der Waals surface area contributed by atoms with Crippen LogP contribution in [0.15, 0.2) is 54.6 Å². The van der Waals surface area contributed by atoms with Gasteiger partial charge in [0.1, 0.15) is 6.61 Å². The van der Waals surface area contributed by atoms with Gasteiger partial charge in [0, 0.05) is 0 Å². The summed E-state index contributed by atoms with van der Waals surface area (Å²) in [4.78, 5) is 0. The molecule has 0 unspecified atom stereocenters. The van der Waals surface area contributed by atoms with Gasteiger partial charge in [0.15, 0.2) is 11.5 Å². The lowest BCUT2D eigenvalue weighted by Crippen LogP contribution is -1.97. The van der Waals surface area contributed by atoms with Crippen LogP contribution < -0.4 is 9.47 Å². The molecule has 20 heavy (non-hydrogen) atoms. The van der Waals surface area contributed by atoms with Gasteiger partial charge in [-0.25, -0.2) is 0 Å². The highest BCUT2D eigenvalue weighted by Gasteiger charge is 2.05. The van der Waals surface area contributed by atoms with Crippen LogP contribution in [-0.4, -0.2) is 7.11 Å². The maximum atomic E-state index is 5.82. The van der Waals surface area contributed by atoms with Gasteiger partial charge in [-0.1, -0.05) is 55.5 Å². The third-order valence-electron chi connectivity index (χ3n) is 2.97. The molecular weight excluding hydrogens is 248 g/mol. The Morgan fingerprint density at radius 2 is 1.80 bits per heavy atom. The quantitative estimate of drug-likeness (QED) is 0.756. The molecule has 0 aromatic heterocycles. The Bertz CT molecular complexity index is 559. The molecule has 0 heterocycles. The number of hydrogen-bond acceptors (Lipinski definition) is 2. The summed E-state index contributed by atoms with van der Waals surface area (Å²) in [6.45, 7) is 2.66. The van der Waals surface area contributed by atoms with E-state index in [2.05, 4.69) is 19.1 Å². The van der Waals surface area contributed by atoms with Gasteiger partial charge in [0.05, 0.1) is 7.11 Å². The van der Waals surface area contributed by atoms with Crippen molar-refractivity contribution in [2.24, 2.45) is 0 Å². The molecule has 0 bridgehead atoms. The summed E-state index contributed by atoms with van der Waals surface area (Å²) in [7, 11) is 1.66. The molecule has 0 aliphatic rings. The Hall–Kier alpha value is -2.22. The minimum Gasteiger partial charge on any atom is -0.493 e. The number of rotatable bonds is 6. The normalized spacial score (nSPS) is 10.7. The summed E-state index contributed by atoms with van der Waals surface area (Å²) in [5.74, 6) is 1.53. The number of hydrogen-bond donors (Lipinski definition) is 0. The van der Waals surface area contributed by atoms with E-state index in [1.165, 1.54) is 0 Å². The Balaban J connectivity index is 2.09. The Morgan fingerprint density at radius 3 is 2.50 bits per heavy atom. The maximum Gasteiger partial charge on any atom is 0.161 e. The lowest BCUT2D eigenvalue weighted by atomic mass is 10.1. The first-order chi connectivity index (χ1) is 9.83. The van der Waals surface area contributed by atoms with Crippen LogP contribution in [-0.2, 0) is 6.61 Å². The van der Waals surface area contributed by atoms with E-state index in [0.717, 1.165) is 29.0 Å². The molecule has 2 nitrogen and oxygen atoms in total. The van der Waals surface area contributed by atoms with Crippen molar-refractivity contribution in [2.45, 2.75) is 20.0 Å². The van der Waals surface area contributed by atoms with E-state index in [0.29, 0.717) is 6.61 Å². The van der Waals surface area contributed by atoms with Gasteiger partial charge in [0.25, 0.3) is 0 Å². The smallest absolute Gasteiger partial charge is 0.161 e. The second-order valence-electron chi connectivity index (χ2n) is 4.50. The largest absolute Gasteiger partial charge is 0.493 e. The lowest BCUT2D eigenvalue weighted by Gasteiger charge is -2.11. The standard InChI is InChI=1S/C18H20O2/c1-3-4-8-15-11-12-17(18(13-15)19-2)20-14-16-9-6-5-7-10-16/h4-13H,3,14H2,1-2H3. The predicted octanol–water partition coefficient (Wildman–Crippen LogP) is 4.70. The van der Waals surface area contributed by atoms with E-state index < -0.39 is 0 Å². The van der Waals surface area contributed by atoms with Crippen molar-refractivity contribution in [3.05, 3.63) is 65.7 Å². The molecule has 2 heteroatoms. The first-order valence-corrected chi connectivity index (χ1v) is 6.84. The van der Waals surface area contributed by atoms with Gasteiger partial charge in [0.2, 0.25) is 0 Å². The van der Waals surface area contributed by atoms with Crippen LogP contribution in [0.4, 0.5) is 0 Å². The van der Waals surface area contributed by atoms with Gasteiger partial charge in [-0.15, -0.1) is 0 Å². The highest BCUT2D eigenvalue weighted by Crippen LogP contribution is 2.29. The van der Waals surface area contributed by atoms with E-state index >= 15 is 0 Å². The van der Waals surface area contributed by atoms with Crippen molar-refractivity contribution in [1.29, 1.82) is 0 Å². The zero-order chi connectivity index (χ0) is 14.2. The monoisotopic (exact) mass is 268 g/mol. The van der Waals surface area contributed by atoms with Crippen molar-refractivity contribution < 1.29 is 9.47 Å². The van der Waals surface area contributed by atoms with Crippen LogP contribution in [0.3, 0.4) is 0 Å². The second kappa shape index (κ2) is 7.39. The number of methoxy groups -OCH3 is 1. The van der Waals surface area contributed by atoms with E-state index in [4.69, 9.17) is 9.47 Å². The molecular formula is C18H20O2. The van der Waals surface area contributed by atoms with Crippen LogP contribution in [0.1, 0.15) is 24.5 Å². The van der Waals surface area contributed by atoms with Gasteiger partial charge in [-0.05, 0) is 29.7 Å². The maximum absolute atomic E-state index is 5.82. The zero-order valence-corrected chi connectivity index (χ0v) is 12.0. The molecule has 0 radical (unpaired) electrons. The topological polar surface area (TPSA) is 18.5 Å². The average Bonchev–Trinajstić information content (AvgIpc) is 2.52. The Morgan fingerprint density at radius 1 is 1.00 bits per heavy atom. The highest BCUT2D eigenvalue weighted by molar-refractivity contribution is 5.55. The van der Waals surface area contributed by atoms with E-state index in [9.17, 15) is 0 Å². The molecule has 104 valence electrons. The third kappa shape index (κ3) is 3.89. The average molecular weight is 268 g/mol. The predicted molar refractivity (Wildman–Crippen MR) is 83.1 cm³/mol. The zero-order valence-electron chi connectivity index (χ0n) is 12.0. The Kier molecular flexibility index (Phi) is 5.24. The molecule has 0 saturated carbocycles. The van der Waals surface area contributed by atoms with Crippen LogP contribution in [0.2, 0.25) is 0 Å². The lowest BCUT2D eigenvalue weighted by molar-refractivity contribution is 0.284. The molecule has 2 aromatic carbocycles. The molecule has 0 saturated heterocycles. The Labute approximate surface area is 120 Å². The molecule has 0 aliphatic carbocycles. The summed E-state index contributed by atoms with van der Waals surface area (Å²) >= 11 is 0. The molecule has 0 amide bonds. The van der Waals surface area contributed by atoms with Crippen LogP contribution in [0.5, 0.6) is 11.5 Å². The SMILES string of the molecule is CCC=Cc1ccc(OCc2ccccc2)c(OC)c1. The molecule has 2 aromatic rings. The van der Waals surface area contributed by atoms with Crippen LogP contribution >= 0.6 is 0 Å². The fourth-order valence-electron chi connectivity index (χ4n) is 1.90. The van der Waals surface area contributed by atoms with Gasteiger partial charge in [-0.3, -0.25) is 0 Å². The summed E-state index contributed by atoms with van der Waals surface area (Å²) in [5.41, 5.74) is 2.26. The van der Waals surface area contributed by atoms with E-state index in [1.807, 2.05) is 48.5 Å². The highest BCUT2D eigenvalue weighted by atomic mass is 16.5. The number of allylic oxidation sites excluding steroid dienone is 1. The summed E-state index contributed by atoms with van der Waals surface area (Å²) in [6, 6.07) is 16.1. The minimum atomic E-state index is 0.543. The number of ether oxygens (including phenoxy) is 2. The molecule has 0 N–H and O–H groups in total. The molecule has 0 fully saturated rings. The van der Waals surface area contributed by atoms with E-state index in [-0.39, 0.29) is 0 Å². The van der Waals surface area contributed by atoms with Gasteiger partial charge >= 0.3 is 0 Å². The third-order valence-corrected chi connectivity index (χ3v) is 2.97. The van der Waals surface area contributed by atoms with Gasteiger partial charge < -0.3 is 9.47 Å². The summed E-state index contributed by atoms with van der Waals surface area (Å²) in [5, 5.41) is 0. The van der Waals surface area contributed by atoms with Crippen molar-refractivity contribution in [1.82, 2.24) is 0 Å². The summed E-state index contributed by atoms with van der Waals surface area (Å²) in [6.07, 6.45) is 5.23. The van der Waals surface area contributed by atoms with Gasteiger partial charge in [-0.2, -0.15) is 0 Å². The molecule has 0 aliphatic heterocycles. The summed E-state index contributed by atoms with van der Waals surface area (Å²) < 4.78 is 11.2. The van der Waals surface area contributed by atoms with Crippen molar-refractivity contribution >= 4 is 6.08 Å². The van der Waals surface area contributed by atoms with Crippen LogP contribution in [0.25, 0.3) is 6.08 Å². The van der Waals surface area contributed by atoms with Crippen molar-refractivity contribution in [3.63, 3.8) is 0 Å². The number of benzene rings is 2. The fraction of sp³-hybridized carbons (Fsp3) is 0.222. The van der Waals surface area contributed by atoms with Crippen molar-refractivity contribution in [2.75, 3.05) is 7.11 Å². The van der Waals surface area contributed by atoms with E-state index in [1.54, 1.807) is 7.11 Å².